The van der Waals surface area contributed by atoms with Crippen molar-refractivity contribution >= 4 is 22.0 Å². The first kappa shape index (κ1) is 33.0. The minimum Gasteiger partial charge on any atom is -0.475 e. The topological polar surface area (TPSA) is 155 Å². The van der Waals surface area contributed by atoms with Gasteiger partial charge in [-0.2, -0.15) is 31.4 Å². The lowest BCUT2D eigenvalue weighted by Crippen LogP contribution is -2.32. The van der Waals surface area contributed by atoms with Gasteiger partial charge in [0.1, 0.15) is 0 Å². The van der Waals surface area contributed by atoms with Crippen LogP contribution >= 0.6 is 0 Å². The lowest BCUT2D eigenvalue weighted by atomic mass is 10.1. The zero-order valence-corrected chi connectivity index (χ0v) is 21.6. The fourth-order valence-electron chi connectivity index (χ4n) is 3.57. The Morgan fingerprint density at radius 2 is 1.60 bits per heavy atom. The Kier molecular flexibility index (Phi) is 11.4. The van der Waals surface area contributed by atoms with Gasteiger partial charge in [-0.15, -0.1) is 0 Å². The predicted molar refractivity (Wildman–Crippen MR) is 126 cm³/mol. The molecule has 1 unspecified atom stereocenters. The number of carboxylic acids is 2. The number of carbonyl (C=O) groups is 2. The Labute approximate surface area is 224 Å². The Bertz CT molecular complexity index is 1190. The van der Waals surface area contributed by atoms with Crippen LogP contribution in [0.5, 0.6) is 0 Å². The van der Waals surface area contributed by atoms with Crippen molar-refractivity contribution in [2.75, 3.05) is 13.1 Å². The SMILES string of the molecule is O=C(O)C(F)(F)F.O=C(O)C(F)(F)F.O=S(=O)(NCCC1CN(Cc2cccnc2)Cc2ccnn2C1)C1CC1. The third kappa shape index (κ3) is 11.5. The van der Waals surface area contributed by atoms with E-state index in [-0.39, 0.29) is 5.25 Å². The molecule has 18 heteroatoms. The Balaban J connectivity index is 0.000000333. The van der Waals surface area contributed by atoms with Gasteiger partial charge in [-0.25, -0.2) is 22.7 Å². The summed E-state index contributed by atoms with van der Waals surface area (Å²) in [5.41, 5.74) is 2.39. The molecule has 1 atom stereocenters. The minimum absolute atomic E-state index is 0.156. The van der Waals surface area contributed by atoms with Crippen molar-refractivity contribution in [3.05, 3.63) is 48.0 Å². The number of aliphatic carboxylic acids is 2. The summed E-state index contributed by atoms with van der Waals surface area (Å²) in [6.45, 7) is 3.93. The molecule has 11 nitrogen and oxygen atoms in total. The molecule has 3 N–H and O–H groups in total. The second kappa shape index (κ2) is 13.9. The zero-order chi connectivity index (χ0) is 30.1. The second-order valence-electron chi connectivity index (χ2n) is 8.93. The van der Waals surface area contributed by atoms with Gasteiger partial charge in [0, 0.05) is 51.3 Å². The number of halogens is 6. The Hall–Kier alpha value is -3.25. The van der Waals surface area contributed by atoms with Crippen molar-refractivity contribution in [1.82, 2.24) is 24.4 Å². The van der Waals surface area contributed by atoms with E-state index in [2.05, 4.69) is 36.5 Å². The number of carboxylic acid groups (broad SMARTS) is 2. The highest BCUT2D eigenvalue weighted by Gasteiger charge is 2.39. The van der Waals surface area contributed by atoms with Gasteiger partial charge < -0.3 is 10.2 Å². The number of sulfonamides is 1. The van der Waals surface area contributed by atoms with E-state index in [9.17, 15) is 34.8 Å². The van der Waals surface area contributed by atoms with E-state index >= 15 is 0 Å². The summed E-state index contributed by atoms with van der Waals surface area (Å²) in [7, 11) is -3.10. The van der Waals surface area contributed by atoms with Crippen molar-refractivity contribution in [1.29, 1.82) is 0 Å². The minimum atomic E-state index is -5.08. The molecule has 3 heterocycles. The van der Waals surface area contributed by atoms with Gasteiger partial charge in [0.2, 0.25) is 10.0 Å². The molecule has 2 aliphatic rings. The van der Waals surface area contributed by atoms with Gasteiger partial charge >= 0.3 is 24.3 Å². The fourth-order valence-corrected chi connectivity index (χ4v) is 4.97. The van der Waals surface area contributed by atoms with Crippen molar-refractivity contribution in [2.45, 2.75) is 56.5 Å². The van der Waals surface area contributed by atoms with E-state index in [0.717, 1.165) is 45.4 Å². The van der Waals surface area contributed by atoms with Crippen molar-refractivity contribution in [3.63, 3.8) is 0 Å². The molecule has 0 spiro atoms. The molecule has 1 fully saturated rings. The van der Waals surface area contributed by atoms with Crippen molar-refractivity contribution in [3.8, 4) is 0 Å². The first-order chi connectivity index (χ1) is 18.5. The molecule has 0 radical (unpaired) electrons. The van der Waals surface area contributed by atoms with E-state index in [1.807, 2.05) is 18.5 Å². The zero-order valence-electron chi connectivity index (χ0n) is 20.8. The average molecular weight is 604 g/mol. The highest BCUT2D eigenvalue weighted by molar-refractivity contribution is 7.90. The molecule has 224 valence electrons. The maximum atomic E-state index is 12.0. The number of fused-ring (bicyclic) bond motifs is 1. The molecule has 0 aromatic carbocycles. The first-order valence-electron chi connectivity index (χ1n) is 11.7. The Morgan fingerprint density at radius 3 is 2.10 bits per heavy atom. The molecule has 1 aliphatic carbocycles. The quantitative estimate of drug-likeness (QED) is 0.405. The lowest BCUT2D eigenvalue weighted by Gasteiger charge is -2.24. The Morgan fingerprint density at radius 1 is 1.00 bits per heavy atom. The molecular weight excluding hydrogens is 576 g/mol. The summed E-state index contributed by atoms with van der Waals surface area (Å²) in [5.74, 6) is -5.16. The molecule has 0 amide bonds. The number of nitrogens with one attached hydrogen (secondary N) is 1. The summed E-state index contributed by atoms with van der Waals surface area (Å²) in [4.78, 5) is 24.4. The van der Waals surface area contributed by atoms with Gasteiger partial charge in [0.25, 0.3) is 0 Å². The van der Waals surface area contributed by atoms with Crippen LogP contribution in [-0.4, -0.2) is 80.9 Å². The van der Waals surface area contributed by atoms with Gasteiger partial charge in [-0.3, -0.25) is 14.6 Å². The van der Waals surface area contributed by atoms with Crippen LogP contribution in [0.3, 0.4) is 0 Å². The van der Waals surface area contributed by atoms with Gasteiger partial charge in [0.15, 0.2) is 0 Å². The molecule has 0 bridgehead atoms. The summed E-state index contributed by atoms with van der Waals surface area (Å²) < 4.78 is 92.4. The summed E-state index contributed by atoms with van der Waals surface area (Å²) >= 11 is 0. The van der Waals surface area contributed by atoms with E-state index in [1.54, 1.807) is 6.20 Å². The molecule has 0 saturated heterocycles. The van der Waals surface area contributed by atoms with Gasteiger partial charge in [-0.05, 0) is 42.9 Å². The highest BCUT2D eigenvalue weighted by atomic mass is 32.2. The van der Waals surface area contributed by atoms with Crippen LogP contribution in [0.1, 0.15) is 30.5 Å². The summed E-state index contributed by atoms with van der Waals surface area (Å²) in [6.07, 6.45) is -2.22. The highest BCUT2D eigenvalue weighted by Crippen LogP contribution is 2.27. The molecule has 4 rings (SSSR count). The monoisotopic (exact) mass is 603 g/mol. The first-order valence-corrected chi connectivity index (χ1v) is 13.2. The third-order valence-corrected chi connectivity index (χ3v) is 7.53. The molecule has 40 heavy (non-hydrogen) atoms. The molecule has 2 aromatic heterocycles. The third-order valence-electron chi connectivity index (χ3n) is 5.57. The fraction of sp³-hybridized carbons (Fsp3) is 0.545. The molecule has 2 aromatic rings. The van der Waals surface area contributed by atoms with Gasteiger partial charge in [0.05, 0.1) is 10.9 Å². The molecule has 1 aliphatic heterocycles. The number of aromatic nitrogens is 3. The number of hydrogen-bond acceptors (Lipinski definition) is 7. The lowest BCUT2D eigenvalue weighted by molar-refractivity contribution is -0.193. The summed E-state index contributed by atoms with van der Waals surface area (Å²) in [5, 5.41) is 18.5. The van der Waals surface area contributed by atoms with E-state index in [1.165, 1.54) is 11.3 Å². The van der Waals surface area contributed by atoms with Crippen molar-refractivity contribution in [2.24, 2.45) is 5.92 Å². The largest absolute Gasteiger partial charge is 0.490 e. The average Bonchev–Trinajstić information content (AvgIpc) is 3.64. The van der Waals surface area contributed by atoms with E-state index in [4.69, 9.17) is 19.8 Å². The van der Waals surface area contributed by atoms with Crippen molar-refractivity contribution < 1.29 is 54.6 Å². The smallest absolute Gasteiger partial charge is 0.475 e. The van der Waals surface area contributed by atoms with Crippen LogP contribution in [0, 0.1) is 5.92 Å². The number of rotatable bonds is 7. The van der Waals surface area contributed by atoms with Crippen LogP contribution in [0.25, 0.3) is 0 Å². The predicted octanol–water partition coefficient (Wildman–Crippen LogP) is 2.65. The normalized spacial score (nSPS) is 17.8. The van der Waals surface area contributed by atoms with Crippen LogP contribution in [0.15, 0.2) is 36.8 Å². The maximum Gasteiger partial charge on any atom is 0.490 e. The maximum absolute atomic E-state index is 12.0. The molecular formula is C22H27F6N5O6S. The van der Waals surface area contributed by atoms with Crippen LogP contribution in [0.2, 0.25) is 0 Å². The van der Waals surface area contributed by atoms with Crippen LogP contribution < -0.4 is 4.72 Å². The van der Waals surface area contributed by atoms with Crippen LogP contribution in [-0.2, 0) is 39.2 Å². The standard InChI is InChI=1S/C18H25N5O2S.2C2HF3O2/c24-26(25,18-3-4-18)21-9-5-16-12-22(11-15-2-1-7-19-10-15)14-17-6-8-20-23(17)13-16;2*3-2(4,5)1(6)7/h1-2,6-8,10,16,18,21H,3-5,9,11-14H2;2*(H,6,7). The number of hydrogen-bond donors (Lipinski definition) is 3. The summed E-state index contributed by atoms with van der Waals surface area (Å²) in [6, 6.07) is 6.12. The molecule has 1 saturated carbocycles. The van der Waals surface area contributed by atoms with E-state index in [0.29, 0.717) is 12.5 Å². The van der Waals surface area contributed by atoms with Crippen LogP contribution in [0.4, 0.5) is 26.3 Å². The van der Waals surface area contributed by atoms with Gasteiger partial charge in [-0.1, -0.05) is 6.07 Å². The second-order valence-corrected chi connectivity index (χ2v) is 11.0. The number of pyridine rings is 1. The number of nitrogens with zero attached hydrogens (tertiary/aromatic N) is 4. The number of alkyl halides is 6. The van der Waals surface area contributed by atoms with E-state index < -0.39 is 34.3 Å².